The second-order valence-corrected chi connectivity index (χ2v) is 5.78. The summed E-state index contributed by atoms with van der Waals surface area (Å²) in [6.45, 7) is 4.71. The maximum Gasteiger partial charge on any atom is 0.191 e. The summed E-state index contributed by atoms with van der Waals surface area (Å²) in [5.74, 6) is 1.96. The van der Waals surface area contributed by atoms with Crippen LogP contribution in [0.4, 0.5) is 0 Å². The lowest BCUT2D eigenvalue weighted by Crippen LogP contribution is -2.38. The number of rotatable bonds is 7. The highest BCUT2D eigenvalue weighted by Crippen LogP contribution is 2.17. The topological polar surface area (TPSA) is 52.2 Å². The van der Waals surface area contributed by atoms with Crippen LogP contribution in [0.15, 0.2) is 35.5 Å². The number of H-pyrrole nitrogens is 1. The largest absolute Gasteiger partial charge is 0.361 e. The Bertz CT molecular complexity index is 576. The molecule has 0 atom stereocenters. The van der Waals surface area contributed by atoms with Crippen molar-refractivity contribution in [2.24, 2.45) is 4.99 Å². The van der Waals surface area contributed by atoms with Crippen LogP contribution >= 0.6 is 11.8 Å². The highest BCUT2D eigenvalue weighted by Gasteiger charge is 2.03. The van der Waals surface area contributed by atoms with Crippen LogP contribution in [0.5, 0.6) is 0 Å². The summed E-state index contributed by atoms with van der Waals surface area (Å²) >= 11 is 1.82. The second-order valence-electron chi connectivity index (χ2n) is 4.79. The fourth-order valence-electron chi connectivity index (χ4n) is 2.24. The van der Waals surface area contributed by atoms with Gasteiger partial charge in [0.2, 0.25) is 0 Å². The minimum atomic E-state index is 0.851. The second kappa shape index (κ2) is 8.62. The summed E-state index contributed by atoms with van der Waals surface area (Å²) in [6, 6.07) is 8.42. The van der Waals surface area contributed by atoms with E-state index in [1.807, 2.05) is 11.8 Å². The third-order valence-electron chi connectivity index (χ3n) is 3.27. The van der Waals surface area contributed by atoms with E-state index in [1.54, 1.807) is 0 Å². The van der Waals surface area contributed by atoms with Crippen molar-refractivity contribution in [1.82, 2.24) is 15.6 Å². The molecular formula is C16H24N4S. The van der Waals surface area contributed by atoms with Gasteiger partial charge in [0.25, 0.3) is 0 Å². The van der Waals surface area contributed by atoms with Gasteiger partial charge in [-0.1, -0.05) is 18.2 Å². The number of nitrogens with zero attached hydrogens (tertiary/aromatic N) is 1. The molecule has 0 bridgehead atoms. The van der Waals surface area contributed by atoms with Gasteiger partial charge in [-0.2, -0.15) is 11.8 Å². The highest BCUT2D eigenvalue weighted by atomic mass is 32.2. The molecule has 0 saturated heterocycles. The van der Waals surface area contributed by atoms with Gasteiger partial charge in [0.15, 0.2) is 5.96 Å². The Labute approximate surface area is 130 Å². The predicted molar refractivity (Wildman–Crippen MR) is 94.4 cm³/mol. The molecule has 2 rings (SSSR count). The standard InChI is InChI=1S/C16H24N4S/c1-3-17-16(19-10-11-21-2)18-9-8-13-12-20-15-7-5-4-6-14(13)15/h4-7,12,20H,3,8-11H2,1-2H3,(H2,17,18,19). The summed E-state index contributed by atoms with van der Waals surface area (Å²) in [4.78, 5) is 7.87. The third kappa shape index (κ3) is 4.70. The predicted octanol–water partition coefficient (Wildman–Crippen LogP) is 2.63. The van der Waals surface area contributed by atoms with E-state index < -0.39 is 0 Å². The van der Waals surface area contributed by atoms with Crippen molar-refractivity contribution in [2.45, 2.75) is 13.3 Å². The normalized spacial score (nSPS) is 11.8. The molecule has 4 nitrogen and oxygen atoms in total. The van der Waals surface area contributed by atoms with Crippen molar-refractivity contribution >= 4 is 28.6 Å². The van der Waals surface area contributed by atoms with E-state index >= 15 is 0 Å². The van der Waals surface area contributed by atoms with Crippen molar-refractivity contribution < 1.29 is 0 Å². The summed E-state index contributed by atoms with van der Waals surface area (Å²) in [7, 11) is 0. The van der Waals surface area contributed by atoms with Crippen LogP contribution in [0.2, 0.25) is 0 Å². The van der Waals surface area contributed by atoms with E-state index in [9.17, 15) is 0 Å². The number of guanidine groups is 1. The first-order chi connectivity index (χ1) is 10.3. The van der Waals surface area contributed by atoms with Gasteiger partial charge < -0.3 is 15.6 Å². The van der Waals surface area contributed by atoms with Gasteiger partial charge in [0.05, 0.1) is 6.54 Å². The summed E-state index contributed by atoms with van der Waals surface area (Å²) in [5.41, 5.74) is 2.55. The average molecular weight is 304 g/mol. The van der Waals surface area contributed by atoms with Gasteiger partial charge in [-0.15, -0.1) is 0 Å². The van der Waals surface area contributed by atoms with E-state index in [4.69, 9.17) is 0 Å². The molecule has 21 heavy (non-hydrogen) atoms. The molecule has 0 aliphatic rings. The van der Waals surface area contributed by atoms with Gasteiger partial charge in [-0.25, -0.2) is 0 Å². The monoisotopic (exact) mass is 304 g/mol. The zero-order valence-corrected chi connectivity index (χ0v) is 13.6. The maximum absolute atomic E-state index is 4.55. The molecule has 3 N–H and O–H groups in total. The SMILES string of the molecule is CCNC(=NCCSC)NCCc1c[nH]c2ccccc12. The average Bonchev–Trinajstić information content (AvgIpc) is 2.91. The zero-order valence-electron chi connectivity index (χ0n) is 12.8. The van der Waals surface area contributed by atoms with Crippen LogP contribution in [-0.2, 0) is 6.42 Å². The quantitative estimate of drug-likeness (QED) is 0.419. The molecule has 0 unspecified atom stereocenters. The number of benzene rings is 1. The number of aliphatic imine (C=N–C) groups is 1. The summed E-state index contributed by atoms with van der Waals surface area (Å²) < 4.78 is 0. The number of aromatic amines is 1. The lowest BCUT2D eigenvalue weighted by Gasteiger charge is -2.10. The van der Waals surface area contributed by atoms with Crippen molar-refractivity contribution in [3.05, 3.63) is 36.0 Å². The number of thioether (sulfide) groups is 1. The van der Waals surface area contributed by atoms with Crippen molar-refractivity contribution in [3.63, 3.8) is 0 Å². The Balaban J connectivity index is 1.88. The molecule has 0 amide bonds. The molecule has 5 heteroatoms. The molecule has 0 saturated carbocycles. The van der Waals surface area contributed by atoms with E-state index in [2.05, 4.69) is 64.3 Å². The van der Waals surface area contributed by atoms with Crippen LogP contribution in [0, 0.1) is 0 Å². The maximum atomic E-state index is 4.55. The van der Waals surface area contributed by atoms with Crippen molar-refractivity contribution in [1.29, 1.82) is 0 Å². The molecule has 1 aromatic heterocycles. The van der Waals surface area contributed by atoms with E-state index in [-0.39, 0.29) is 0 Å². The number of nitrogens with one attached hydrogen (secondary N) is 3. The van der Waals surface area contributed by atoms with Crippen LogP contribution in [0.25, 0.3) is 10.9 Å². The van der Waals surface area contributed by atoms with Gasteiger partial charge in [-0.05, 0) is 31.2 Å². The number of hydrogen-bond donors (Lipinski definition) is 3. The Kier molecular flexibility index (Phi) is 6.47. The Morgan fingerprint density at radius 1 is 1.29 bits per heavy atom. The van der Waals surface area contributed by atoms with E-state index in [0.717, 1.165) is 37.8 Å². The van der Waals surface area contributed by atoms with Gasteiger partial charge >= 0.3 is 0 Å². The van der Waals surface area contributed by atoms with Gasteiger partial charge in [-0.3, -0.25) is 4.99 Å². The number of para-hydroxylation sites is 1. The molecule has 1 aromatic carbocycles. The molecule has 0 aliphatic carbocycles. The smallest absolute Gasteiger partial charge is 0.191 e. The minimum Gasteiger partial charge on any atom is -0.361 e. The Hall–Kier alpha value is -1.62. The number of fused-ring (bicyclic) bond motifs is 1. The zero-order chi connectivity index (χ0) is 14.9. The Morgan fingerprint density at radius 3 is 2.95 bits per heavy atom. The fraction of sp³-hybridized carbons (Fsp3) is 0.438. The molecule has 0 aliphatic heterocycles. The van der Waals surface area contributed by atoms with Crippen LogP contribution < -0.4 is 10.6 Å². The van der Waals surface area contributed by atoms with Crippen LogP contribution in [-0.4, -0.2) is 42.6 Å². The third-order valence-corrected chi connectivity index (χ3v) is 3.86. The summed E-state index contributed by atoms with van der Waals surface area (Å²) in [5, 5.41) is 7.99. The first-order valence-electron chi connectivity index (χ1n) is 7.41. The Morgan fingerprint density at radius 2 is 2.14 bits per heavy atom. The lowest BCUT2D eigenvalue weighted by molar-refractivity contribution is 0.806. The van der Waals surface area contributed by atoms with Crippen LogP contribution in [0.1, 0.15) is 12.5 Å². The molecule has 2 aromatic rings. The molecule has 0 spiro atoms. The van der Waals surface area contributed by atoms with Crippen molar-refractivity contribution in [2.75, 3.05) is 31.6 Å². The summed E-state index contributed by atoms with van der Waals surface area (Å²) in [6.07, 6.45) is 5.19. The molecule has 0 fully saturated rings. The highest BCUT2D eigenvalue weighted by molar-refractivity contribution is 7.98. The minimum absolute atomic E-state index is 0.851. The van der Waals surface area contributed by atoms with Crippen LogP contribution in [0.3, 0.4) is 0 Å². The molecule has 114 valence electrons. The van der Waals surface area contributed by atoms with Gasteiger partial charge in [0, 0.05) is 35.9 Å². The van der Waals surface area contributed by atoms with Gasteiger partial charge in [0.1, 0.15) is 0 Å². The van der Waals surface area contributed by atoms with E-state index in [1.165, 1.54) is 16.5 Å². The van der Waals surface area contributed by atoms with E-state index in [0.29, 0.717) is 0 Å². The molecule has 0 radical (unpaired) electrons. The molecular weight excluding hydrogens is 280 g/mol. The number of hydrogen-bond acceptors (Lipinski definition) is 2. The van der Waals surface area contributed by atoms with Crippen molar-refractivity contribution in [3.8, 4) is 0 Å². The first kappa shape index (κ1) is 15.8. The fourth-order valence-corrected chi connectivity index (χ4v) is 2.52. The first-order valence-corrected chi connectivity index (χ1v) is 8.80. The molecule has 1 heterocycles. The lowest BCUT2D eigenvalue weighted by atomic mass is 10.1. The number of aromatic nitrogens is 1.